The van der Waals surface area contributed by atoms with Crippen LogP contribution in [0.2, 0.25) is 0 Å². The quantitative estimate of drug-likeness (QED) is 0.319. The highest BCUT2D eigenvalue weighted by Crippen LogP contribution is 2.02. The van der Waals surface area contributed by atoms with E-state index in [4.69, 9.17) is 15.2 Å². The Hall–Kier alpha value is -2.67. The first kappa shape index (κ1) is 18.4. The summed E-state index contributed by atoms with van der Waals surface area (Å²) in [6.45, 7) is -0.243. The summed E-state index contributed by atoms with van der Waals surface area (Å²) in [5.74, 6) is -1.98. The maximum Gasteiger partial charge on any atom is 0.331 e. The van der Waals surface area contributed by atoms with Gasteiger partial charge < -0.3 is 19.9 Å². The zero-order valence-corrected chi connectivity index (χ0v) is 12.8. The Bertz CT molecular complexity index is 555. The van der Waals surface area contributed by atoms with Crippen molar-refractivity contribution in [2.24, 2.45) is 5.73 Å². The van der Waals surface area contributed by atoms with E-state index in [2.05, 4.69) is 4.74 Å². The molecule has 23 heavy (non-hydrogen) atoms. The fraction of sp³-hybridized carbons (Fsp3) is 0.312. The predicted octanol–water partition coefficient (Wildman–Crippen LogP) is 0.372. The normalized spacial score (nSPS) is 11.7. The highest BCUT2D eigenvalue weighted by molar-refractivity contribution is 5.91. The number of esters is 3. The van der Waals surface area contributed by atoms with E-state index in [0.29, 0.717) is 6.42 Å². The monoisotopic (exact) mass is 321 g/mol. The first-order valence-electron chi connectivity index (χ1n) is 6.92. The van der Waals surface area contributed by atoms with Gasteiger partial charge in [-0.1, -0.05) is 30.3 Å². The third-order valence-electron chi connectivity index (χ3n) is 2.73. The lowest BCUT2D eigenvalue weighted by Crippen LogP contribution is -2.35. The molecule has 0 bridgehead atoms. The minimum Gasteiger partial charge on any atom is -0.466 e. The van der Waals surface area contributed by atoms with E-state index in [1.54, 1.807) is 0 Å². The second-order valence-electron chi connectivity index (χ2n) is 4.49. The van der Waals surface area contributed by atoms with Gasteiger partial charge >= 0.3 is 17.9 Å². The molecule has 1 atom stereocenters. The summed E-state index contributed by atoms with van der Waals surface area (Å²) in [7, 11) is 1.19. The fourth-order valence-electron chi connectivity index (χ4n) is 1.60. The zero-order chi connectivity index (χ0) is 17.1. The van der Waals surface area contributed by atoms with E-state index in [1.165, 1.54) is 7.11 Å². The van der Waals surface area contributed by atoms with Crippen molar-refractivity contribution >= 4 is 17.9 Å². The van der Waals surface area contributed by atoms with Crippen molar-refractivity contribution in [3.63, 3.8) is 0 Å². The third kappa shape index (κ3) is 7.77. The molecule has 0 aliphatic carbocycles. The Kier molecular flexibility index (Phi) is 8.09. The van der Waals surface area contributed by atoms with Crippen molar-refractivity contribution in [2.75, 3.05) is 20.3 Å². The summed E-state index contributed by atoms with van der Waals surface area (Å²) in [6.07, 6.45) is 2.22. The lowest BCUT2D eigenvalue weighted by atomic mass is 10.1. The average Bonchev–Trinajstić information content (AvgIpc) is 2.57. The highest BCUT2D eigenvalue weighted by Gasteiger charge is 2.15. The molecule has 0 saturated heterocycles. The minimum atomic E-state index is -0.785. The molecule has 0 spiro atoms. The van der Waals surface area contributed by atoms with Gasteiger partial charge in [0.15, 0.2) is 0 Å². The van der Waals surface area contributed by atoms with Crippen LogP contribution in [-0.2, 0) is 35.0 Å². The van der Waals surface area contributed by atoms with E-state index >= 15 is 0 Å². The topological polar surface area (TPSA) is 105 Å². The van der Waals surface area contributed by atoms with Gasteiger partial charge in [-0.05, 0) is 12.0 Å². The van der Waals surface area contributed by atoms with E-state index in [0.717, 1.165) is 17.7 Å². The van der Waals surface area contributed by atoms with Gasteiger partial charge in [0.2, 0.25) is 0 Å². The molecule has 0 aromatic heterocycles. The Morgan fingerprint density at radius 3 is 2.30 bits per heavy atom. The molecule has 1 aromatic carbocycles. The van der Waals surface area contributed by atoms with E-state index < -0.39 is 23.9 Å². The largest absolute Gasteiger partial charge is 0.466 e. The summed E-state index contributed by atoms with van der Waals surface area (Å²) in [5, 5.41) is 0. The summed E-state index contributed by atoms with van der Waals surface area (Å²) < 4.78 is 14.0. The molecule has 0 heterocycles. The highest BCUT2D eigenvalue weighted by atomic mass is 16.6. The molecule has 0 radical (unpaired) electrons. The van der Waals surface area contributed by atoms with Crippen LogP contribution in [-0.4, -0.2) is 44.3 Å². The molecule has 124 valence electrons. The number of methoxy groups -OCH3 is 1. The van der Waals surface area contributed by atoms with Gasteiger partial charge in [0, 0.05) is 12.2 Å². The summed E-state index contributed by atoms with van der Waals surface area (Å²) in [6, 6.07) is 8.53. The number of carbonyl (C=O) groups excluding carboxylic acids is 3. The Morgan fingerprint density at radius 1 is 1.04 bits per heavy atom. The van der Waals surface area contributed by atoms with Crippen LogP contribution >= 0.6 is 0 Å². The molecular formula is C16H19NO6. The van der Waals surface area contributed by atoms with E-state index in [9.17, 15) is 14.4 Å². The van der Waals surface area contributed by atoms with Crippen LogP contribution in [0.25, 0.3) is 0 Å². The van der Waals surface area contributed by atoms with E-state index in [1.807, 2.05) is 30.3 Å². The maximum absolute atomic E-state index is 11.7. The second kappa shape index (κ2) is 10.1. The second-order valence-corrected chi connectivity index (χ2v) is 4.49. The summed E-state index contributed by atoms with van der Waals surface area (Å²) in [5.41, 5.74) is 6.67. The fourth-order valence-corrected chi connectivity index (χ4v) is 1.60. The molecule has 1 aromatic rings. The van der Waals surface area contributed by atoms with Crippen molar-refractivity contribution in [3.8, 4) is 0 Å². The minimum absolute atomic E-state index is 0.112. The Labute approximate surface area is 134 Å². The number of hydrogen-bond acceptors (Lipinski definition) is 7. The van der Waals surface area contributed by atoms with Crippen molar-refractivity contribution in [2.45, 2.75) is 12.5 Å². The standard InChI is InChI=1S/C16H19NO6/c1-21-14(18)7-8-15(19)22-9-10-23-16(20)13(17)11-12-5-3-2-4-6-12/h2-8,13H,9-11,17H2,1H3. The Morgan fingerprint density at radius 2 is 1.65 bits per heavy atom. The lowest BCUT2D eigenvalue weighted by Gasteiger charge is -2.11. The van der Waals surface area contributed by atoms with Crippen LogP contribution < -0.4 is 5.73 Å². The first-order valence-corrected chi connectivity index (χ1v) is 6.92. The van der Waals surface area contributed by atoms with Crippen molar-refractivity contribution in [3.05, 3.63) is 48.0 Å². The van der Waals surface area contributed by atoms with Crippen LogP contribution in [0.3, 0.4) is 0 Å². The van der Waals surface area contributed by atoms with Gasteiger partial charge in [-0.2, -0.15) is 0 Å². The Balaban J connectivity index is 2.22. The van der Waals surface area contributed by atoms with Gasteiger partial charge in [-0.25, -0.2) is 9.59 Å². The zero-order valence-electron chi connectivity index (χ0n) is 12.8. The molecule has 7 heteroatoms. The number of hydrogen-bond donors (Lipinski definition) is 1. The smallest absolute Gasteiger partial charge is 0.331 e. The van der Waals surface area contributed by atoms with Gasteiger partial charge in [0.05, 0.1) is 7.11 Å². The number of nitrogens with two attached hydrogens (primary N) is 1. The van der Waals surface area contributed by atoms with Crippen LogP contribution in [0.15, 0.2) is 42.5 Å². The van der Waals surface area contributed by atoms with Crippen molar-refractivity contribution in [1.29, 1.82) is 0 Å². The number of ether oxygens (including phenoxy) is 3. The SMILES string of the molecule is COC(=O)C=CC(=O)OCCOC(=O)C(N)Cc1ccccc1. The number of benzene rings is 1. The van der Waals surface area contributed by atoms with Gasteiger partial charge in [0.25, 0.3) is 0 Å². The molecule has 0 aliphatic rings. The van der Waals surface area contributed by atoms with Crippen LogP contribution in [0.5, 0.6) is 0 Å². The molecule has 0 amide bonds. The van der Waals surface area contributed by atoms with Crippen LogP contribution in [0.1, 0.15) is 5.56 Å². The lowest BCUT2D eigenvalue weighted by molar-refractivity contribution is -0.150. The summed E-state index contributed by atoms with van der Waals surface area (Å²) >= 11 is 0. The molecule has 7 nitrogen and oxygen atoms in total. The molecule has 0 aliphatic heterocycles. The third-order valence-corrected chi connectivity index (χ3v) is 2.73. The maximum atomic E-state index is 11.7. The van der Waals surface area contributed by atoms with E-state index in [-0.39, 0.29) is 13.2 Å². The van der Waals surface area contributed by atoms with Gasteiger partial charge in [0.1, 0.15) is 19.3 Å². The van der Waals surface area contributed by atoms with Crippen LogP contribution in [0.4, 0.5) is 0 Å². The average molecular weight is 321 g/mol. The van der Waals surface area contributed by atoms with Crippen LogP contribution in [0, 0.1) is 0 Å². The molecule has 1 rings (SSSR count). The van der Waals surface area contributed by atoms with Gasteiger partial charge in [-0.3, -0.25) is 4.79 Å². The predicted molar refractivity (Wildman–Crippen MR) is 81.2 cm³/mol. The number of carbonyl (C=O) groups is 3. The van der Waals surface area contributed by atoms with Crippen molar-refractivity contribution in [1.82, 2.24) is 0 Å². The molecule has 0 saturated carbocycles. The number of rotatable bonds is 8. The van der Waals surface area contributed by atoms with Crippen molar-refractivity contribution < 1.29 is 28.6 Å². The molecule has 1 unspecified atom stereocenters. The van der Waals surface area contributed by atoms with Gasteiger partial charge in [-0.15, -0.1) is 0 Å². The summed E-state index contributed by atoms with van der Waals surface area (Å²) in [4.78, 5) is 33.6. The molecule has 2 N–H and O–H groups in total. The molecule has 0 fully saturated rings. The first-order chi connectivity index (χ1) is 11.0. The molecular weight excluding hydrogens is 302 g/mol.